The highest BCUT2D eigenvalue weighted by atomic mass is 35.5. The lowest BCUT2D eigenvalue weighted by atomic mass is 10.1. The van der Waals surface area contributed by atoms with Crippen molar-refractivity contribution in [2.75, 3.05) is 5.73 Å². The lowest BCUT2D eigenvalue weighted by Gasteiger charge is -2.00. The molecule has 0 atom stereocenters. The number of imidazole rings is 1. The summed E-state index contributed by atoms with van der Waals surface area (Å²) in [5, 5.41) is 0.518. The van der Waals surface area contributed by atoms with Crippen molar-refractivity contribution in [1.29, 1.82) is 0 Å². The average molecular weight is 276 g/mol. The highest BCUT2D eigenvalue weighted by Gasteiger charge is 2.12. The molecule has 0 amide bonds. The Bertz CT molecular complexity index is 780. The number of rotatable bonds is 1. The second kappa shape index (κ2) is 4.24. The number of halogens is 2. The number of nitrogens with two attached hydrogens (primary N) is 1. The Morgan fingerprint density at radius 1 is 1.26 bits per heavy atom. The molecule has 0 saturated heterocycles. The van der Waals surface area contributed by atoms with Crippen LogP contribution in [0.3, 0.4) is 0 Å². The van der Waals surface area contributed by atoms with Gasteiger partial charge in [0.05, 0.1) is 16.8 Å². The number of H-pyrrole nitrogens is 1. The number of nitrogen functional groups attached to an aromatic ring is 1. The van der Waals surface area contributed by atoms with Crippen LogP contribution in [-0.4, -0.2) is 9.97 Å². The number of aromatic nitrogens is 2. The third-order valence-corrected chi connectivity index (χ3v) is 3.18. The van der Waals surface area contributed by atoms with E-state index in [-0.39, 0.29) is 5.82 Å². The van der Waals surface area contributed by atoms with E-state index in [0.29, 0.717) is 33.1 Å². The van der Waals surface area contributed by atoms with E-state index in [9.17, 15) is 4.39 Å². The van der Waals surface area contributed by atoms with Gasteiger partial charge in [-0.2, -0.15) is 0 Å². The van der Waals surface area contributed by atoms with E-state index >= 15 is 0 Å². The maximum absolute atomic E-state index is 13.8. The molecule has 96 valence electrons. The third-order valence-electron chi connectivity index (χ3n) is 2.96. The summed E-state index contributed by atoms with van der Waals surface area (Å²) in [6.45, 7) is 1.90. The van der Waals surface area contributed by atoms with E-state index in [0.717, 1.165) is 5.56 Å². The van der Waals surface area contributed by atoms with Gasteiger partial charge in [-0.15, -0.1) is 0 Å². The molecule has 19 heavy (non-hydrogen) atoms. The number of nitrogens with zero attached hydrogens (tertiary/aromatic N) is 1. The molecule has 0 unspecified atom stereocenters. The number of anilines is 1. The van der Waals surface area contributed by atoms with Gasteiger partial charge in [0, 0.05) is 5.02 Å². The first-order chi connectivity index (χ1) is 9.04. The molecule has 5 heteroatoms. The predicted molar refractivity (Wildman–Crippen MR) is 75.6 cm³/mol. The van der Waals surface area contributed by atoms with Crippen LogP contribution in [0.2, 0.25) is 5.02 Å². The van der Waals surface area contributed by atoms with Crippen LogP contribution in [0.25, 0.3) is 22.4 Å². The molecule has 0 fully saturated rings. The minimum atomic E-state index is -0.325. The van der Waals surface area contributed by atoms with Gasteiger partial charge in [-0.25, -0.2) is 9.37 Å². The molecule has 0 radical (unpaired) electrons. The van der Waals surface area contributed by atoms with E-state index < -0.39 is 0 Å². The third kappa shape index (κ3) is 2.04. The van der Waals surface area contributed by atoms with Crippen LogP contribution in [0.4, 0.5) is 10.1 Å². The number of hydrogen-bond donors (Lipinski definition) is 2. The number of benzene rings is 2. The summed E-state index contributed by atoms with van der Waals surface area (Å²) < 4.78 is 13.8. The molecular formula is C14H11ClFN3. The van der Waals surface area contributed by atoms with Crippen LogP contribution in [0.5, 0.6) is 0 Å². The lowest BCUT2D eigenvalue weighted by Crippen LogP contribution is -1.88. The summed E-state index contributed by atoms with van der Waals surface area (Å²) in [5.41, 5.74) is 9.00. The van der Waals surface area contributed by atoms with Crippen molar-refractivity contribution in [1.82, 2.24) is 9.97 Å². The fourth-order valence-corrected chi connectivity index (χ4v) is 2.28. The maximum Gasteiger partial charge on any atom is 0.141 e. The van der Waals surface area contributed by atoms with Gasteiger partial charge < -0.3 is 10.7 Å². The molecule has 0 bridgehead atoms. The molecule has 0 saturated carbocycles. The van der Waals surface area contributed by atoms with E-state index in [1.165, 1.54) is 6.07 Å². The molecule has 0 aliphatic heterocycles. The van der Waals surface area contributed by atoms with Crippen LogP contribution in [0, 0.1) is 12.7 Å². The van der Waals surface area contributed by atoms with Gasteiger partial charge in [-0.3, -0.25) is 0 Å². The second-order valence-electron chi connectivity index (χ2n) is 4.46. The van der Waals surface area contributed by atoms with Gasteiger partial charge in [-0.05, 0) is 31.2 Å². The van der Waals surface area contributed by atoms with Crippen molar-refractivity contribution in [3.63, 3.8) is 0 Å². The first-order valence-electron chi connectivity index (χ1n) is 5.76. The molecule has 1 aromatic heterocycles. The second-order valence-corrected chi connectivity index (χ2v) is 4.90. The van der Waals surface area contributed by atoms with Crippen molar-refractivity contribution in [2.24, 2.45) is 0 Å². The smallest absolute Gasteiger partial charge is 0.141 e. The number of fused-ring (bicyclic) bond motifs is 1. The number of hydrogen-bond acceptors (Lipinski definition) is 2. The number of nitrogens with one attached hydrogen (secondary N) is 1. The normalized spacial score (nSPS) is 11.1. The topological polar surface area (TPSA) is 54.7 Å². The molecular weight excluding hydrogens is 265 g/mol. The van der Waals surface area contributed by atoms with E-state index in [2.05, 4.69) is 9.97 Å². The van der Waals surface area contributed by atoms with Crippen molar-refractivity contribution in [3.05, 3.63) is 46.7 Å². The molecule has 3 nitrogen and oxygen atoms in total. The quantitative estimate of drug-likeness (QED) is 0.662. The highest BCUT2D eigenvalue weighted by Crippen LogP contribution is 2.28. The van der Waals surface area contributed by atoms with Gasteiger partial charge in [0.2, 0.25) is 0 Å². The van der Waals surface area contributed by atoms with E-state index in [1.54, 1.807) is 24.3 Å². The summed E-state index contributed by atoms with van der Waals surface area (Å²) in [5.74, 6) is 0.125. The Morgan fingerprint density at radius 3 is 2.84 bits per heavy atom. The fourth-order valence-electron chi connectivity index (χ4n) is 2.06. The minimum Gasteiger partial charge on any atom is -0.397 e. The SMILES string of the molecule is Cc1ccc(F)c(-c2nc3c(N)cc(Cl)cc3[nH]2)c1. The number of aromatic amines is 1. The van der Waals surface area contributed by atoms with Crippen LogP contribution in [0.15, 0.2) is 30.3 Å². The van der Waals surface area contributed by atoms with Crippen molar-refractivity contribution in [2.45, 2.75) is 6.92 Å². The summed E-state index contributed by atoms with van der Waals surface area (Å²) in [6.07, 6.45) is 0. The van der Waals surface area contributed by atoms with Gasteiger partial charge in [0.25, 0.3) is 0 Å². The monoisotopic (exact) mass is 275 g/mol. The first-order valence-corrected chi connectivity index (χ1v) is 6.13. The molecule has 0 aliphatic rings. The molecule has 0 spiro atoms. The molecule has 2 aromatic carbocycles. The summed E-state index contributed by atoms with van der Waals surface area (Å²) >= 11 is 5.93. The largest absolute Gasteiger partial charge is 0.397 e. The van der Waals surface area contributed by atoms with Crippen LogP contribution in [-0.2, 0) is 0 Å². The fraction of sp³-hybridized carbons (Fsp3) is 0.0714. The zero-order valence-electron chi connectivity index (χ0n) is 10.2. The van der Waals surface area contributed by atoms with Crippen molar-refractivity contribution >= 4 is 28.3 Å². The molecule has 3 aromatic rings. The zero-order valence-corrected chi connectivity index (χ0v) is 10.9. The van der Waals surface area contributed by atoms with Gasteiger partial charge >= 0.3 is 0 Å². The summed E-state index contributed by atoms with van der Waals surface area (Å²) in [4.78, 5) is 7.39. The van der Waals surface area contributed by atoms with Gasteiger partial charge in [-0.1, -0.05) is 23.2 Å². The van der Waals surface area contributed by atoms with E-state index in [1.807, 2.05) is 6.92 Å². The Hall–Kier alpha value is -2.07. The maximum atomic E-state index is 13.8. The van der Waals surface area contributed by atoms with Gasteiger partial charge in [0.15, 0.2) is 0 Å². The zero-order chi connectivity index (χ0) is 13.6. The molecule has 0 aliphatic carbocycles. The van der Waals surface area contributed by atoms with Crippen LogP contribution < -0.4 is 5.73 Å². The minimum absolute atomic E-state index is 0.325. The Kier molecular flexibility index (Phi) is 2.68. The van der Waals surface area contributed by atoms with Crippen LogP contribution in [0.1, 0.15) is 5.56 Å². The lowest BCUT2D eigenvalue weighted by molar-refractivity contribution is 0.630. The highest BCUT2D eigenvalue weighted by molar-refractivity contribution is 6.31. The van der Waals surface area contributed by atoms with E-state index in [4.69, 9.17) is 17.3 Å². The first kappa shape index (κ1) is 12.0. The Balaban J connectivity index is 2.26. The Morgan fingerprint density at radius 2 is 2.05 bits per heavy atom. The Labute approximate surface area is 114 Å². The summed E-state index contributed by atoms with van der Waals surface area (Å²) in [6, 6.07) is 8.23. The molecule has 1 heterocycles. The molecule has 3 N–H and O–H groups in total. The average Bonchev–Trinajstić information content (AvgIpc) is 2.76. The molecule has 3 rings (SSSR count). The van der Waals surface area contributed by atoms with Gasteiger partial charge in [0.1, 0.15) is 17.2 Å². The van der Waals surface area contributed by atoms with Crippen molar-refractivity contribution in [3.8, 4) is 11.4 Å². The summed E-state index contributed by atoms with van der Waals surface area (Å²) in [7, 11) is 0. The number of aryl methyl sites for hydroxylation is 1. The van der Waals surface area contributed by atoms with Crippen molar-refractivity contribution < 1.29 is 4.39 Å². The predicted octanol–water partition coefficient (Wildman–Crippen LogP) is 3.91. The standard InChI is InChI=1S/C14H11ClFN3/c1-7-2-3-10(16)9(4-7)14-18-12-6-8(15)5-11(17)13(12)19-14/h2-6H,17H2,1H3,(H,18,19). The van der Waals surface area contributed by atoms with Crippen LogP contribution >= 0.6 is 11.6 Å².